The number of rotatable bonds is 0. The number of hydrogen-bond acceptors (Lipinski definition) is 2. The minimum Gasteiger partial charge on any atom is -0.512 e. The Bertz CT molecular complexity index is 27.0. The fourth-order valence-electron chi connectivity index (χ4n) is 0. The molecule has 0 saturated carbocycles. The van der Waals surface area contributed by atoms with Crippen molar-refractivity contribution in [2.24, 2.45) is 0 Å². The maximum atomic E-state index is 6.25. The van der Waals surface area contributed by atoms with Gasteiger partial charge < -0.3 is 23.7 Å². The van der Waals surface area contributed by atoms with Gasteiger partial charge in [-0.25, -0.2) is 0 Å². The molecule has 0 fully saturated rings. The van der Waals surface area contributed by atoms with Crippen LogP contribution >= 0.6 is 0 Å². The Morgan fingerprint density at radius 3 is 0.833 bits per heavy atom. The molecule has 0 saturated heterocycles. The second-order valence-electron chi connectivity index (χ2n) is 0. The van der Waals surface area contributed by atoms with Gasteiger partial charge in [0.25, 0.3) is 0 Å². The molecule has 0 unspecified atom stereocenters. The smallest absolute Gasteiger partial charge is 0.512 e. The zero-order valence-corrected chi connectivity index (χ0v) is 7.80. The Balaban J connectivity index is -0.00000000500. The van der Waals surface area contributed by atoms with Crippen molar-refractivity contribution >= 4 is 0 Å². The van der Waals surface area contributed by atoms with E-state index >= 15 is 0 Å². The van der Waals surface area contributed by atoms with Gasteiger partial charge in [0, 0.05) is 0 Å². The molecule has 0 rings (SSSR count). The first kappa shape index (κ1) is 26.4. The average Bonchev–Trinajstić information content (AvgIpc) is 1.50. The van der Waals surface area contributed by atoms with E-state index in [2.05, 4.69) is 0 Å². The van der Waals surface area contributed by atoms with Crippen molar-refractivity contribution in [2.45, 2.75) is 0 Å². The first-order chi connectivity index (χ1) is 2.00. The molecule has 0 N–H and O–H groups in total. The van der Waals surface area contributed by atoms with E-state index in [-0.39, 0.29) is 73.8 Å². The summed E-state index contributed by atoms with van der Waals surface area (Å²) in [6.07, 6.45) is 0. The predicted molar refractivity (Wildman–Crippen MR) is 9.94 cm³/mol. The number of nitrogens with zero attached hydrogens (tertiary/aromatic N) is 2. The van der Waals surface area contributed by atoms with Crippen LogP contribution in [-0.4, -0.2) is 0 Å². The van der Waals surface area contributed by atoms with Crippen LogP contribution in [0.25, 0.3) is 0 Å². The summed E-state index contributed by atoms with van der Waals surface area (Å²) in [6, 6.07) is 0. The summed E-state index contributed by atoms with van der Waals surface area (Å²) in [6.45, 7) is 9.50. The second kappa shape index (κ2) is 99.1. The van der Waals surface area contributed by atoms with Crippen LogP contribution in [-0.2, 0) is 22.4 Å². The zero-order chi connectivity index (χ0) is 4.00. The molecule has 0 amide bonds. The molecule has 0 aliphatic carbocycles. The molecule has 30 valence electrons. The van der Waals surface area contributed by atoms with Crippen LogP contribution in [0.3, 0.4) is 0 Å². The second-order valence-corrected chi connectivity index (χ2v) is 0. The van der Waals surface area contributed by atoms with Gasteiger partial charge in [0.05, 0.1) is 0 Å². The minimum absolute atomic E-state index is 0. The van der Waals surface area contributed by atoms with E-state index in [1.807, 2.05) is 0 Å². The molecular weight excluding hydrogens is 199 g/mol. The van der Waals surface area contributed by atoms with Crippen LogP contribution in [0.1, 0.15) is 0 Å². The van der Waals surface area contributed by atoms with Gasteiger partial charge in [-0.3, -0.25) is 0 Å². The van der Waals surface area contributed by atoms with Crippen molar-refractivity contribution < 1.29 is 73.8 Å². The van der Waals surface area contributed by atoms with Crippen LogP contribution in [0.5, 0.6) is 0 Å². The van der Waals surface area contributed by atoms with E-state index in [9.17, 15) is 0 Å². The predicted octanol–water partition coefficient (Wildman–Crippen LogP) is -2.81. The minimum atomic E-state index is 0. The first-order valence-corrected chi connectivity index (χ1v) is 0.447. The van der Waals surface area contributed by atoms with E-state index < -0.39 is 0 Å². The standard InChI is InChI=1S/2CN.Ag.K/c2*1-2;;/q2*-1;2*+1. The van der Waals surface area contributed by atoms with Gasteiger partial charge >= 0.3 is 73.8 Å². The molecule has 0 spiro atoms. The third-order valence-electron chi connectivity index (χ3n) is 0. The fourth-order valence-corrected chi connectivity index (χ4v) is 0. The summed E-state index contributed by atoms with van der Waals surface area (Å²) in [5, 5.41) is 12.5. The van der Waals surface area contributed by atoms with Crippen LogP contribution in [0.2, 0.25) is 0 Å². The zero-order valence-electron chi connectivity index (χ0n) is 3.20. The van der Waals surface area contributed by atoms with Crippen LogP contribution in [0.4, 0.5) is 0 Å². The summed E-state index contributed by atoms with van der Waals surface area (Å²) in [5.74, 6) is 0. The molecule has 0 aliphatic rings. The molecule has 2 nitrogen and oxygen atoms in total. The number of hydrogen-bond donors (Lipinski definition) is 0. The van der Waals surface area contributed by atoms with Gasteiger partial charge in [-0.15, -0.1) is 0 Å². The van der Waals surface area contributed by atoms with Crippen LogP contribution < -0.4 is 51.4 Å². The van der Waals surface area contributed by atoms with Gasteiger partial charge in [-0.2, -0.15) is 0 Å². The van der Waals surface area contributed by atoms with Crippen molar-refractivity contribution in [3.63, 3.8) is 0 Å². The molecule has 0 bridgehead atoms. The molecule has 0 aromatic carbocycles. The largest absolute Gasteiger partial charge is 1.00 e. The van der Waals surface area contributed by atoms with Gasteiger partial charge in [-0.05, 0) is 0 Å². The van der Waals surface area contributed by atoms with Gasteiger partial charge in [0.15, 0.2) is 0 Å². The van der Waals surface area contributed by atoms with Crippen molar-refractivity contribution in [3.05, 3.63) is 13.1 Å². The summed E-state index contributed by atoms with van der Waals surface area (Å²) in [7, 11) is 0. The fraction of sp³-hybridized carbons (Fsp3) is 0. The normalized spacial score (nSPS) is 0.667. The SMILES string of the molecule is [Ag+].[C-]#N.[C-]#N.[K+]. The average molecular weight is 199 g/mol. The van der Waals surface area contributed by atoms with E-state index in [0.717, 1.165) is 0 Å². The van der Waals surface area contributed by atoms with Crippen LogP contribution in [0, 0.1) is 23.7 Å². The third kappa shape index (κ3) is 55.2. The van der Waals surface area contributed by atoms with E-state index in [1.165, 1.54) is 0 Å². The Morgan fingerprint density at radius 1 is 0.833 bits per heavy atom. The maximum absolute atomic E-state index is 6.25. The Hall–Kier alpha value is 1.36. The first-order valence-electron chi connectivity index (χ1n) is 0.447. The van der Waals surface area contributed by atoms with E-state index in [1.54, 1.807) is 0 Å². The molecular formula is C2AgKN2. The molecule has 0 aliphatic heterocycles. The Labute approximate surface area is 95.5 Å². The topological polar surface area (TPSA) is 47.6 Å². The monoisotopic (exact) mass is 198 g/mol. The van der Waals surface area contributed by atoms with Crippen molar-refractivity contribution in [1.29, 1.82) is 10.5 Å². The Morgan fingerprint density at radius 2 is 0.833 bits per heavy atom. The molecule has 0 aromatic heterocycles. The molecule has 4 heteroatoms. The van der Waals surface area contributed by atoms with Gasteiger partial charge in [-0.1, -0.05) is 0 Å². The van der Waals surface area contributed by atoms with Crippen LogP contribution in [0.15, 0.2) is 0 Å². The van der Waals surface area contributed by atoms with Crippen molar-refractivity contribution in [2.75, 3.05) is 0 Å². The van der Waals surface area contributed by atoms with E-state index in [4.69, 9.17) is 23.7 Å². The molecule has 0 radical (unpaired) electrons. The summed E-state index contributed by atoms with van der Waals surface area (Å²) < 4.78 is 0. The van der Waals surface area contributed by atoms with Crippen molar-refractivity contribution in [3.8, 4) is 0 Å². The summed E-state index contributed by atoms with van der Waals surface area (Å²) >= 11 is 0. The Kier molecular flexibility index (Phi) is 436. The van der Waals surface area contributed by atoms with Crippen molar-refractivity contribution in [1.82, 2.24) is 0 Å². The maximum Gasteiger partial charge on any atom is 1.00 e. The molecule has 0 heterocycles. The van der Waals surface area contributed by atoms with E-state index in [0.29, 0.717) is 0 Å². The molecule has 0 atom stereocenters. The quantitative estimate of drug-likeness (QED) is 0.312. The van der Waals surface area contributed by atoms with Gasteiger partial charge in [0.2, 0.25) is 0 Å². The molecule has 0 aromatic rings. The summed E-state index contributed by atoms with van der Waals surface area (Å²) in [5.41, 5.74) is 0. The summed E-state index contributed by atoms with van der Waals surface area (Å²) in [4.78, 5) is 0. The molecule has 6 heavy (non-hydrogen) atoms. The van der Waals surface area contributed by atoms with Gasteiger partial charge in [0.1, 0.15) is 0 Å². The third-order valence-corrected chi connectivity index (χ3v) is 0.